The predicted octanol–water partition coefficient (Wildman–Crippen LogP) is -0.841. The molecule has 0 saturated heterocycles. The zero-order valence-electron chi connectivity index (χ0n) is 19.8. The summed E-state index contributed by atoms with van der Waals surface area (Å²) in [6, 6.07) is -4.71. The first-order chi connectivity index (χ1) is 15.3. The smallest absolute Gasteiger partial charge is 0.326 e. The van der Waals surface area contributed by atoms with Gasteiger partial charge in [0.2, 0.25) is 17.7 Å². The molecule has 190 valence electrons. The van der Waals surface area contributed by atoms with Gasteiger partial charge in [-0.25, -0.2) is 4.79 Å². The number of hydrogen-bond donors (Lipinski definition) is 7. The predicted molar refractivity (Wildman–Crippen MR) is 121 cm³/mol. The molecule has 5 atom stereocenters. The van der Waals surface area contributed by atoms with Gasteiger partial charge in [0, 0.05) is 0 Å². The van der Waals surface area contributed by atoms with Crippen molar-refractivity contribution in [2.75, 3.05) is 6.54 Å². The number of carbonyl (C=O) groups is 5. The number of nitrogens with two attached hydrogens (primary N) is 2. The molecule has 3 amide bonds. The van der Waals surface area contributed by atoms with Gasteiger partial charge in [0.05, 0.1) is 12.5 Å². The zero-order valence-corrected chi connectivity index (χ0v) is 19.8. The Bertz CT molecular complexity index is 686. The molecular weight excluding hydrogens is 434 g/mol. The number of carboxylic acid groups (broad SMARTS) is 2. The number of hydrogen-bond acceptors (Lipinski definition) is 7. The molecule has 0 aromatic rings. The van der Waals surface area contributed by atoms with Crippen LogP contribution in [0.3, 0.4) is 0 Å². The lowest BCUT2D eigenvalue weighted by Gasteiger charge is -2.28. The normalized spacial score (nSPS) is 15.6. The van der Waals surface area contributed by atoms with Gasteiger partial charge in [-0.05, 0) is 37.6 Å². The summed E-state index contributed by atoms with van der Waals surface area (Å²) in [4.78, 5) is 60.7. The van der Waals surface area contributed by atoms with Gasteiger partial charge in [-0.2, -0.15) is 0 Å². The van der Waals surface area contributed by atoms with Crippen molar-refractivity contribution in [1.29, 1.82) is 0 Å². The van der Waals surface area contributed by atoms with Crippen LogP contribution in [-0.4, -0.2) is 70.6 Å². The molecule has 12 nitrogen and oxygen atoms in total. The van der Waals surface area contributed by atoms with Crippen molar-refractivity contribution in [2.24, 2.45) is 23.3 Å². The van der Waals surface area contributed by atoms with Crippen LogP contribution in [0, 0.1) is 11.8 Å². The highest BCUT2D eigenvalue weighted by Crippen LogP contribution is 2.11. The van der Waals surface area contributed by atoms with Gasteiger partial charge >= 0.3 is 11.9 Å². The van der Waals surface area contributed by atoms with Gasteiger partial charge in [-0.3, -0.25) is 19.2 Å². The second-order valence-corrected chi connectivity index (χ2v) is 8.48. The SMILES string of the molecule is CCC(C)C(NC(=O)C(N)C(C)C)C(=O)NC(CC(=O)O)C(=O)NC(CCCCN)C(=O)O. The Morgan fingerprint density at radius 1 is 0.848 bits per heavy atom. The van der Waals surface area contributed by atoms with E-state index >= 15 is 0 Å². The minimum atomic E-state index is -1.53. The highest BCUT2D eigenvalue weighted by molar-refractivity contribution is 5.95. The Balaban J connectivity index is 5.53. The van der Waals surface area contributed by atoms with E-state index in [1.807, 2.05) is 0 Å². The fraction of sp³-hybridized carbons (Fsp3) is 0.762. The molecular formula is C21H39N5O7. The summed E-state index contributed by atoms with van der Waals surface area (Å²) in [5, 5.41) is 25.7. The molecule has 0 bridgehead atoms. The van der Waals surface area contributed by atoms with E-state index in [0.717, 1.165) is 0 Å². The molecule has 12 heteroatoms. The van der Waals surface area contributed by atoms with E-state index in [9.17, 15) is 34.2 Å². The van der Waals surface area contributed by atoms with Crippen molar-refractivity contribution < 1.29 is 34.2 Å². The van der Waals surface area contributed by atoms with Gasteiger partial charge in [0.25, 0.3) is 0 Å². The van der Waals surface area contributed by atoms with Crippen LogP contribution < -0.4 is 27.4 Å². The maximum atomic E-state index is 12.9. The average molecular weight is 474 g/mol. The van der Waals surface area contributed by atoms with Crippen LogP contribution in [-0.2, 0) is 24.0 Å². The van der Waals surface area contributed by atoms with Gasteiger partial charge in [-0.15, -0.1) is 0 Å². The van der Waals surface area contributed by atoms with Gasteiger partial charge in [-0.1, -0.05) is 34.1 Å². The van der Waals surface area contributed by atoms with Crippen LogP contribution in [0.25, 0.3) is 0 Å². The van der Waals surface area contributed by atoms with Gasteiger partial charge in [0.15, 0.2) is 0 Å². The number of nitrogens with one attached hydrogen (secondary N) is 3. The Morgan fingerprint density at radius 2 is 1.42 bits per heavy atom. The summed E-state index contributed by atoms with van der Waals surface area (Å²) < 4.78 is 0. The summed E-state index contributed by atoms with van der Waals surface area (Å²) in [6.07, 6.45) is 0.850. The van der Waals surface area contributed by atoms with Crippen LogP contribution in [0.4, 0.5) is 0 Å². The molecule has 0 radical (unpaired) electrons. The lowest BCUT2D eigenvalue weighted by atomic mass is 9.96. The molecule has 0 rings (SSSR count). The van der Waals surface area contributed by atoms with Crippen LogP contribution >= 0.6 is 0 Å². The lowest BCUT2D eigenvalue weighted by Crippen LogP contribution is -2.59. The van der Waals surface area contributed by atoms with E-state index in [0.29, 0.717) is 25.8 Å². The summed E-state index contributed by atoms with van der Waals surface area (Å²) >= 11 is 0. The van der Waals surface area contributed by atoms with Crippen molar-refractivity contribution >= 4 is 29.7 Å². The molecule has 0 saturated carbocycles. The first-order valence-corrected chi connectivity index (χ1v) is 11.2. The maximum absolute atomic E-state index is 12.9. The third-order valence-electron chi connectivity index (χ3n) is 5.39. The van der Waals surface area contributed by atoms with Crippen molar-refractivity contribution in [3.8, 4) is 0 Å². The molecule has 0 fully saturated rings. The van der Waals surface area contributed by atoms with E-state index in [4.69, 9.17) is 11.5 Å². The molecule has 33 heavy (non-hydrogen) atoms. The average Bonchev–Trinajstić information content (AvgIpc) is 2.74. The fourth-order valence-electron chi connectivity index (χ4n) is 2.92. The van der Waals surface area contributed by atoms with Crippen LogP contribution in [0.5, 0.6) is 0 Å². The van der Waals surface area contributed by atoms with Crippen LogP contribution in [0.15, 0.2) is 0 Å². The first-order valence-electron chi connectivity index (χ1n) is 11.2. The topological polar surface area (TPSA) is 214 Å². The number of unbranched alkanes of at least 4 members (excludes halogenated alkanes) is 1. The number of carboxylic acids is 2. The molecule has 5 unspecified atom stereocenters. The molecule has 0 aliphatic carbocycles. The van der Waals surface area contributed by atoms with Crippen molar-refractivity contribution in [3.05, 3.63) is 0 Å². The van der Waals surface area contributed by atoms with E-state index in [1.54, 1.807) is 27.7 Å². The quantitative estimate of drug-likeness (QED) is 0.139. The van der Waals surface area contributed by atoms with E-state index in [-0.39, 0.29) is 18.3 Å². The fourth-order valence-corrected chi connectivity index (χ4v) is 2.92. The molecule has 0 aliphatic rings. The summed E-state index contributed by atoms with van der Waals surface area (Å²) in [7, 11) is 0. The van der Waals surface area contributed by atoms with Crippen LogP contribution in [0.2, 0.25) is 0 Å². The number of aliphatic carboxylic acids is 2. The molecule has 0 aromatic carbocycles. The molecule has 9 N–H and O–H groups in total. The summed E-state index contributed by atoms with van der Waals surface area (Å²) in [6.45, 7) is 7.39. The zero-order chi connectivity index (χ0) is 25.7. The third-order valence-corrected chi connectivity index (χ3v) is 5.39. The molecule has 0 heterocycles. The summed E-state index contributed by atoms with van der Waals surface area (Å²) in [5.74, 6) is -5.42. The minimum Gasteiger partial charge on any atom is -0.481 e. The highest BCUT2D eigenvalue weighted by atomic mass is 16.4. The second-order valence-electron chi connectivity index (χ2n) is 8.48. The number of carbonyl (C=O) groups excluding carboxylic acids is 3. The third kappa shape index (κ3) is 11.1. The van der Waals surface area contributed by atoms with Gasteiger partial charge in [0.1, 0.15) is 18.1 Å². The Morgan fingerprint density at radius 3 is 1.88 bits per heavy atom. The standard InChI is InChI=1S/C21H39N5O7/c1-5-12(4)17(26-19(30)16(23)11(2)3)20(31)25-14(10-15(27)28)18(29)24-13(21(32)33)8-6-7-9-22/h11-14,16-17H,5-10,22-23H2,1-4H3,(H,24,29)(H,25,31)(H,26,30)(H,27,28)(H,32,33). The second kappa shape index (κ2) is 15.2. The molecule has 0 aromatic heterocycles. The van der Waals surface area contributed by atoms with Crippen molar-refractivity contribution in [3.63, 3.8) is 0 Å². The number of rotatable bonds is 16. The Labute approximate surface area is 194 Å². The summed E-state index contributed by atoms with van der Waals surface area (Å²) in [5.41, 5.74) is 11.2. The van der Waals surface area contributed by atoms with E-state index in [1.165, 1.54) is 0 Å². The van der Waals surface area contributed by atoms with E-state index in [2.05, 4.69) is 16.0 Å². The maximum Gasteiger partial charge on any atom is 0.326 e. The number of amides is 3. The van der Waals surface area contributed by atoms with Crippen LogP contribution in [0.1, 0.15) is 59.8 Å². The Hall–Kier alpha value is -2.73. The molecule has 0 aliphatic heterocycles. The Kier molecular flexibility index (Phi) is 13.9. The monoisotopic (exact) mass is 473 g/mol. The van der Waals surface area contributed by atoms with E-state index < -0.39 is 60.2 Å². The van der Waals surface area contributed by atoms with Gasteiger partial charge < -0.3 is 37.6 Å². The lowest BCUT2D eigenvalue weighted by molar-refractivity contribution is -0.144. The first kappa shape index (κ1) is 30.3. The minimum absolute atomic E-state index is 0.102. The van der Waals surface area contributed by atoms with Crippen molar-refractivity contribution in [1.82, 2.24) is 16.0 Å². The largest absolute Gasteiger partial charge is 0.481 e. The highest BCUT2D eigenvalue weighted by Gasteiger charge is 2.33. The van der Waals surface area contributed by atoms with Crippen molar-refractivity contribution in [2.45, 2.75) is 84.0 Å². The molecule has 0 spiro atoms.